The molecule has 0 spiro atoms. The lowest BCUT2D eigenvalue weighted by Crippen LogP contribution is -2.15. The van der Waals surface area contributed by atoms with E-state index in [0.717, 1.165) is 25.7 Å². The van der Waals surface area contributed by atoms with Crippen molar-refractivity contribution in [3.8, 4) is 11.5 Å². The molecule has 2 aromatic rings. The number of aromatic nitrogens is 2. The highest BCUT2D eigenvalue weighted by molar-refractivity contribution is 6.38. The number of carbonyl (C=O) groups is 1. The van der Waals surface area contributed by atoms with E-state index in [1.807, 2.05) is 6.92 Å². The Morgan fingerprint density at radius 3 is 2.54 bits per heavy atom. The van der Waals surface area contributed by atoms with Crippen molar-refractivity contribution in [1.29, 1.82) is 0 Å². The average Bonchev–Trinajstić information content (AvgIpc) is 3.13. The summed E-state index contributed by atoms with van der Waals surface area (Å²) in [6.07, 6.45) is 5.70. The van der Waals surface area contributed by atoms with Gasteiger partial charge < -0.3 is 14.8 Å². The number of hydrogen-bond donors (Lipinski definition) is 1. The lowest BCUT2D eigenvalue weighted by molar-refractivity contribution is 0.102. The molecule has 0 unspecified atom stereocenters. The first-order valence-electron chi connectivity index (χ1n) is 8.49. The van der Waals surface area contributed by atoms with Gasteiger partial charge in [0.15, 0.2) is 21.8 Å². The fourth-order valence-corrected chi connectivity index (χ4v) is 3.24. The Balaban J connectivity index is 1.83. The van der Waals surface area contributed by atoms with Crippen LogP contribution in [0.25, 0.3) is 0 Å². The van der Waals surface area contributed by atoms with Crippen molar-refractivity contribution in [2.24, 2.45) is 0 Å². The first-order chi connectivity index (χ1) is 12.6. The number of ether oxygens (including phenoxy) is 2. The van der Waals surface area contributed by atoms with Crippen LogP contribution >= 0.6 is 23.2 Å². The molecule has 26 heavy (non-hydrogen) atoms. The van der Waals surface area contributed by atoms with Crippen LogP contribution in [0.15, 0.2) is 24.5 Å². The number of amides is 1. The van der Waals surface area contributed by atoms with Crippen molar-refractivity contribution in [2.75, 3.05) is 11.9 Å². The number of halogens is 2. The van der Waals surface area contributed by atoms with Crippen LogP contribution in [0.3, 0.4) is 0 Å². The Hall–Kier alpha value is -2.05. The SMILES string of the molecule is CCOc1ccc(C(=O)Nc2c(Cl)ncnc2Cl)cc1OC1CCCC1. The van der Waals surface area contributed by atoms with Crippen LogP contribution < -0.4 is 14.8 Å². The third kappa shape index (κ3) is 4.37. The Morgan fingerprint density at radius 1 is 1.19 bits per heavy atom. The number of carbonyl (C=O) groups excluding carboxylic acids is 1. The summed E-state index contributed by atoms with van der Waals surface area (Å²) in [5, 5.41) is 2.79. The van der Waals surface area contributed by atoms with Crippen molar-refractivity contribution < 1.29 is 14.3 Å². The van der Waals surface area contributed by atoms with Gasteiger partial charge in [0.2, 0.25) is 0 Å². The summed E-state index contributed by atoms with van der Waals surface area (Å²) in [5.41, 5.74) is 0.574. The Labute approximate surface area is 161 Å². The first kappa shape index (κ1) is 18.7. The van der Waals surface area contributed by atoms with Crippen molar-refractivity contribution in [2.45, 2.75) is 38.7 Å². The van der Waals surface area contributed by atoms with E-state index in [-0.39, 0.29) is 28.0 Å². The average molecular weight is 396 g/mol. The molecule has 6 nitrogen and oxygen atoms in total. The van der Waals surface area contributed by atoms with Crippen LogP contribution in [0.5, 0.6) is 11.5 Å². The Bertz CT molecular complexity index is 775. The van der Waals surface area contributed by atoms with E-state index in [4.69, 9.17) is 32.7 Å². The number of anilines is 1. The minimum absolute atomic E-state index is 0.0757. The molecule has 3 rings (SSSR count). The summed E-state index contributed by atoms with van der Waals surface area (Å²) >= 11 is 12.0. The van der Waals surface area contributed by atoms with E-state index in [9.17, 15) is 4.79 Å². The molecule has 1 aromatic heterocycles. The molecule has 138 valence electrons. The summed E-state index contributed by atoms with van der Waals surface area (Å²) < 4.78 is 11.7. The van der Waals surface area contributed by atoms with Crippen LogP contribution in [0.2, 0.25) is 10.3 Å². The normalized spacial score (nSPS) is 14.3. The van der Waals surface area contributed by atoms with Crippen LogP contribution in [0.4, 0.5) is 5.69 Å². The second-order valence-electron chi connectivity index (χ2n) is 5.90. The molecule has 0 saturated heterocycles. The van der Waals surface area contributed by atoms with E-state index in [1.165, 1.54) is 6.33 Å². The molecule has 1 amide bonds. The van der Waals surface area contributed by atoms with Gasteiger partial charge in [-0.2, -0.15) is 0 Å². The highest BCUT2D eigenvalue weighted by Gasteiger charge is 2.20. The van der Waals surface area contributed by atoms with Gasteiger partial charge in [-0.15, -0.1) is 0 Å². The summed E-state index contributed by atoms with van der Waals surface area (Å²) in [6.45, 7) is 2.42. The van der Waals surface area contributed by atoms with Gasteiger partial charge in [0, 0.05) is 5.56 Å². The lowest BCUT2D eigenvalue weighted by atomic mass is 10.1. The topological polar surface area (TPSA) is 73.3 Å². The van der Waals surface area contributed by atoms with Gasteiger partial charge in [0.25, 0.3) is 5.91 Å². The molecular weight excluding hydrogens is 377 g/mol. The predicted octanol–water partition coefficient (Wildman–Crippen LogP) is 4.76. The van der Waals surface area contributed by atoms with Gasteiger partial charge in [-0.25, -0.2) is 9.97 Å². The van der Waals surface area contributed by atoms with Gasteiger partial charge in [-0.3, -0.25) is 4.79 Å². The van der Waals surface area contributed by atoms with Gasteiger partial charge >= 0.3 is 0 Å². The lowest BCUT2D eigenvalue weighted by Gasteiger charge is -2.17. The van der Waals surface area contributed by atoms with Gasteiger partial charge in [0.1, 0.15) is 12.0 Å². The smallest absolute Gasteiger partial charge is 0.255 e. The van der Waals surface area contributed by atoms with Gasteiger partial charge in [-0.05, 0) is 50.8 Å². The number of benzene rings is 1. The van der Waals surface area contributed by atoms with E-state index in [2.05, 4.69) is 15.3 Å². The number of rotatable bonds is 6. The molecule has 1 saturated carbocycles. The summed E-state index contributed by atoms with van der Waals surface area (Å²) in [7, 11) is 0. The summed E-state index contributed by atoms with van der Waals surface area (Å²) in [4.78, 5) is 20.2. The molecule has 1 N–H and O–H groups in total. The first-order valence-corrected chi connectivity index (χ1v) is 9.25. The minimum atomic E-state index is -0.386. The van der Waals surface area contributed by atoms with Crippen LogP contribution in [-0.4, -0.2) is 28.6 Å². The molecule has 1 aliphatic carbocycles. The number of nitrogens with zero attached hydrogens (tertiary/aromatic N) is 2. The second-order valence-corrected chi connectivity index (χ2v) is 6.62. The minimum Gasteiger partial charge on any atom is -0.490 e. The fourth-order valence-electron chi connectivity index (χ4n) is 2.84. The van der Waals surface area contributed by atoms with Crippen molar-refractivity contribution in [1.82, 2.24) is 9.97 Å². The maximum Gasteiger partial charge on any atom is 0.255 e. The third-order valence-electron chi connectivity index (χ3n) is 4.09. The maximum atomic E-state index is 12.6. The van der Waals surface area contributed by atoms with Crippen LogP contribution in [0, 0.1) is 0 Å². The molecule has 1 fully saturated rings. The molecule has 0 bridgehead atoms. The largest absolute Gasteiger partial charge is 0.490 e. The molecule has 1 heterocycles. The Morgan fingerprint density at radius 2 is 1.88 bits per heavy atom. The van der Waals surface area contributed by atoms with Gasteiger partial charge in [0.05, 0.1) is 12.7 Å². The zero-order valence-corrected chi connectivity index (χ0v) is 15.8. The molecule has 1 aromatic carbocycles. The monoisotopic (exact) mass is 395 g/mol. The van der Waals surface area contributed by atoms with Crippen LogP contribution in [0.1, 0.15) is 43.0 Å². The second kappa shape index (κ2) is 8.56. The molecular formula is C18H19Cl2N3O3. The highest BCUT2D eigenvalue weighted by atomic mass is 35.5. The molecule has 0 atom stereocenters. The maximum absolute atomic E-state index is 12.6. The zero-order valence-electron chi connectivity index (χ0n) is 14.3. The van der Waals surface area contributed by atoms with Crippen molar-refractivity contribution in [3.63, 3.8) is 0 Å². The third-order valence-corrected chi connectivity index (χ3v) is 4.67. The standard InChI is InChI=1S/C18H19Cl2N3O3/c1-2-25-13-8-7-11(9-14(13)26-12-5-3-4-6-12)18(24)23-15-16(19)21-10-22-17(15)20/h7-10,12H,2-6H2,1H3,(H,23,24). The number of nitrogens with one attached hydrogen (secondary N) is 1. The molecule has 8 heteroatoms. The molecule has 0 radical (unpaired) electrons. The van der Waals surface area contributed by atoms with E-state index >= 15 is 0 Å². The van der Waals surface area contributed by atoms with Crippen molar-refractivity contribution >= 4 is 34.8 Å². The zero-order chi connectivity index (χ0) is 18.5. The van der Waals surface area contributed by atoms with E-state index in [1.54, 1.807) is 18.2 Å². The van der Waals surface area contributed by atoms with E-state index in [0.29, 0.717) is 23.7 Å². The summed E-state index contributed by atoms with van der Waals surface area (Å²) in [6, 6.07) is 5.06. The number of hydrogen-bond acceptors (Lipinski definition) is 5. The van der Waals surface area contributed by atoms with E-state index < -0.39 is 0 Å². The Kier molecular flexibility index (Phi) is 6.16. The fraction of sp³-hybridized carbons (Fsp3) is 0.389. The van der Waals surface area contributed by atoms with Gasteiger partial charge in [-0.1, -0.05) is 23.2 Å². The molecule has 0 aliphatic heterocycles. The molecule has 1 aliphatic rings. The van der Waals surface area contributed by atoms with Crippen molar-refractivity contribution in [3.05, 3.63) is 40.4 Å². The predicted molar refractivity (Wildman–Crippen MR) is 101 cm³/mol. The van der Waals surface area contributed by atoms with Crippen LogP contribution in [-0.2, 0) is 0 Å². The summed E-state index contributed by atoms with van der Waals surface area (Å²) in [5.74, 6) is 0.797. The quantitative estimate of drug-likeness (QED) is 0.713. The highest BCUT2D eigenvalue weighted by Crippen LogP contribution is 2.33.